The summed E-state index contributed by atoms with van der Waals surface area (Å²) in [5.41, 5.74) is 2.42. The molecule has 0 aliphatic heterocycles. The smallest absolute Gasteiger partial charge is 0.150 e. The Kier molecular flexibility index (Phi) is 3.61. The van der Waals surface area contributed by atoms with Crippen LogP contribution in [0.1, 0.15) is 21.5 Å². The molecule has 0 unspecified atom stereocenters. The van der Waals surface area contributed by atoms with Gasteiger partial charge in [0.15, 0.2) is 6.29 Å². The highest BCUT2D eigenvalue weighted by atomic mass is 19.1. The van der Waals surface area contributed by atoms with Crippen LogP contribution in [-0.2, 0) is 0 Å². The molecule has 0 amide bonds. The van der Waals surface area contributed by atoms with E-state index in [0.29, 0.717) is 5.56 Å². The summed E-state index contributed by atoms with van der Waals surface area (Å²) in [6, 6.07) is 17.9. The Balaban J connectivity index is 2.10. The Morgan fingerprint density at radius 2 is 1.57 bits per heavy atom. The molecule has 0 heterocycles. The van der Waals surface area contributed by atoms with Gasteiger partial charge in [-0.3, -0.25) is 4.79 Å². The van der Waals surface area contributed by atoms with Crippen molar-refractivity contribution in [2.24, 2.45) is 0 Å². The number of hydrogen-bond acceptors (Lipinski definition) is 1. The largest absolute Gasteiger partial charge is 0.298 e. The van der Waals surface area contributed by atoms with Crippen LogP contribution in [0.5, 0.6) is 0 Å². The molecule has 1 nitrogen and oxygen atoms in total. The van der Waals surface area contributed by atoms with Crippen molar-refractivity contribution in [2.75, 3.05) is 0 Å². The molecule has 0 bridgehead atoms. The van der Waals surface area contributed by atoms with E-state index >= 15 is 0 Å². The fourth-order valence-electron chi connectivity index (χ4n) is 2.35. The number of rotatable bonds is 3. The number of benzene rings is 3. The molecule has 3 aromatic carbocycles. The summed E-state index contributed by atoms with van der Waals surface area (Å²) >= 11 is 0. The minimum absolute atomic E-state index is 0.258. The molecule has 102 valence electrons. The van der Waals surface area contributed by atoms with E-state index in [1.165, 1.54) is 12.1 Å². The maximum absolute atomic E-state index is 12.9. The van der Waals surface area contributed by atoms with Crippen molar-refractivity contribution in [3.05, 3.63) is 83.2 Å². The Morgan fingerprint density at radius 3 is 2.33 bits per heavy atom. The Morgan fingerprint density at radius 1 is 0.810 bits per heavy atom. The lowest BCUT2D eigenvalue weighted by Crippen LogP contribution is -1.88. The van der Waals surface area contributed by atoms with Crippen molar-refractivity contribution < 1.29 is 9.18 Å². The number of halogens is 1. The van der Waals surface area contributed by atoms with Gasteiger partial charge in [0.05, 0.1) is 0 Å². The summed E-state index contributed by atoms with van der Waals surface area (Å²) in [6.45, 7) is 0. The predicted octanol–water partition coefficient (Wildman–Crippen LogP) is 4.96. The van der Waals surface area contributed by atoms with Crippen LogP contribution in [0.2, 0.25) is 0 Å². The summed E-state index contributed by atoms with van der Waals surface area (Å²) in [5.74, 6) is -0.258. The van der Waals surface area contributed by atoms with Crippen molar-refractivity contribution in [1.82, 2.24) is 0 Å². The van der Waals surface area contributed by atoms with Crippen LogP contribution >= 0.6 is 0 Å². The summed E-state index contributed by atoms with van der Waals surface area (Å²) in [7, 11) is 0. The Labute approximate surface area is 122 Å². The maximum atomic E-state index is 12.9. The number of hydrogen-bond donors (Lipinski definition) is 0. The molecular weight excluding hydrogens is 263 g/mol. The zero-order chi connectivity index (χ0) is 14.7. The first kappa shape index (κ1) is 13.3. The minimum Gasteiger partial charge on any atom is -0.298 e. The van der Waals surface area contributed by atoms with Gasteiger partial charge in [-0.15, -0.1) is 0 Å². The van der Waals surface area contributed by atoms with Crippen LogP contribution in [0, 0.1) is 5.82 Å². The molecule has 0 N–H and O–H groups in total. The van der Waals surface area contributed by atoms with Crippen molar-refractivity contribution in [1.29, 1.82) is 0 Å². The average Bonchev–Trinajstić information content (AvgIpc) is 2.54. The number of carbonyl (C=O) groups is 1. The highest BCUT2D eigenvalue weighted by Gasteiger charge is 2.04. The van der Waals surface area contributed by atoms with E-state index in [-0.39, 0.29) is 5.82 Å². The SMILES string of the molecule is O=Cc1ccc2ccccc2c1C=Cc1ccc(F)cc1. The van der Waals surface area contributed by atoms with Crippen molar-refractivity contribution in [3.63, 3.8) is 0 Å². The molecule has 2 heteroatoms. The molecule has 0 saturated heterocycles. The van der Waals surface area contributed by atoms with E-state index in [2.05, 4.69) is 0 Å². The van der Waals surface area contributed by atoms with Crippen LogP contribution in [0.15, 0.2) is 60.7 Å². The van der Waals surface area contributed by atoms with Crippen molar-refractivity contribution in [2.45, 2.75) is 0 Å². The third-order valence-electron chi connectivity index (χ3n) is 3.44. The standard InChI is InChI=1S/C19H13FO/c20-17-10-5-14(6-11-17)7-12-19-16(13-21)9-8-15-3-1-2-4-18(15)19/h1-13H. The van der Waals surface area contributed by atoms with E-state index in [0.717, 1.165) is 28.2 Å². The van der Waals surface area contributed by atoms with Gasteiger partial charge in [0.2, 0.25) is 0 Å². The van der Waals surface area contributed by atoms with Gasteiger partial charge in [-0.2, -0.15) is 0 Å². The molecule has 0 aliphatic carbocycles. The molecule has 21 heavy (non-hydrogen) atoms. The normalized spacial score (nSPS) is 11.1. The third kappa shape index (κ3) is 2.75. The highest BCUT2D eigenvalue weighted by Crippen LogP contribution is 2.24. The van der Waals surface area contributed by atoms with E-state index in [9.17, 15) is 9.18 Å². The molecule has 0 spiro atoms. The van der Waals surface area contributed by atoms with E-state index in [4.69, 9.17) is 0 Å². The van der Waals surface area contributed by atoms with Crippen LogP contribution in [0.25, 0.3) is 22.9 Å². The second kappa shape index (κ2) is 5.71. The summed E-state index contributed by atoms with van der Waals surface area (Å²) in [5, 5.41) is 2.11. The van der Waals surface area contributed by atoms with Gasteiger partial charge >= 0.3 is 0 Å². The summed E-state index contributed by atoms with van der Waals surface area (Å²) in [6.07, 6.45) is 4.64. The number of fused-ring (bicyclic) bond motifs is 1. The van der Waals surface area contributed by atoms with Crippen LogP contribution in [-0.4, -0.2) is 6.29 Å². The van der Waals surface area contributed by atoms with Gasteiger partial charge in [-0.05, 0) is 34.0 Å². The van der Waals surface area contributed by atoms with Gasteiger partial charge in [0.25, 0.3) is 0 Å². The molecule has 0 aliphatic rings. The fraction of sp³-hybridized carbons (Fsp3) is 0. The lowest BCUT2D eigenvalue weighted by Gasteiger charge is -2.05. The zero-order valence-electron chi connectivity index (χ0n) is 11.3. The average molecular weight is 276 g/mol. The first-order chi connectivity index (χ1) is 10.3. The van der Waals surface area contributed by atoms with E-state index in [1.807, 2.05) is 48.6 Å². The highest BCUT2D eigenvalue weighted by molar-refractivity contribution is 5.99. The molecule has 3 rings (SSSR count). The van der Waals surface area contributed by atoms with Crippen molar-refractivity contribution in [3.8, 4) is 0 Å². The van der Waals surface area contributed by atoms with Crippen LogP contribution in [0.3, 0.4) is 0 Å². The van der Waals surface area contributed by atoms with Crippen LogP contribution < -0.4 is 0 Å². The lowest BCUT2D eigenvalue weighted by molar-refractivity contribution is 0.112. The molecule has 0 aromatic heterocycles. The van der Waals surface area contributed by atoms with E-state index in [1.54, 1.807) is 12.1 Å². The molecule has 0 fully saturated rings. The molecular formula is C19H13FO. The Bertz CT molecular complexity index is 817. The van der Waals surface area contributed by atoms with Gasteiger partial charge in [0, 0.05) is 5.56 Å². The molecule has 3 aromatic rings. The molecule has 0 radical (unpaired) electrons. The topological polar surface area (TPSA) is 17.1 Å². The quantitative estimate of drug-likeness (QED) is 0.488. The molecule has 0 atom stereocenters. The van der Waals surface area contributed by atoms with E-state index < -0.39 is 0 Å². The zero-order valence-corrected chi connectivity index (χ0v) is 11.3. The maximum Gasteiger partial charge on any atom is 0.150 e. The summed E-state index contributed by atoms with van der Waals surface area (Å²) in [4.78, 5) is 11.2. The predicted molar refractivity (Wildman–Crippen MR) is 84.7 cm³/mol. The Hall–Kier alpha value is -2.74. The summed E-state index contributed by atoms with van der Waals surface area (Å²) < 4.78 is 12.9. The lowest BCUT2D eigenvalue weighted by atomic mass is 9.98. The second-order valence-electron chi connectivity index (χ2n) is 4.79. The fourth-order valence-corrected chi connectivity index (χ4v) is 2.35. The van der Waals surface area contributed by atoms with Gasteiger partial charge in [-0.1, -0.05) is 60.7 Å². The number of aldehydes is 1. The van der Waals surface area contributed by atoms with Gasteiger partial charge in [-0.25, -0.2) is 4.39 Å². The van der Waals surface area contributed by atoms with Gasteiger partial charge in [0.1, 0.15) is 5.82 Å². The first-order valence-corrected chi connectivity index (χ1v) is 6.68. The van der Waals surface area contributed by atoms with Crippen molar-refractivity contribution >= 4 is 29.2 Å². The molecule has 0 saturated carbocycles. The van der Waals surface area contributed by atoms with Gasteiger partial charge < -0.3 is 0 Å². The minimum atomic E-state index is -0.258. The monoisotopic (exact) mass is 276 g/mol. The first-order valence-electron chi connectivity index (χ1n) is 6.68. The third-order valence-corrected chi connectivity index (χ3v) is 3.44. The van der Waals surface area contributed by atoms with Crippen LogP contribution in [0.4, 0.5) is 4.39 Å². The second-order valence-corrected chi connectivity index (χ2v) is 4.79. The number of carbonyl (C=O) groups excluding carboxylic acids is 1.